The average molecular weight is 312 g/mol. The fraction of sp³-hybridized carbons (Fsp3) is 0.667. The van der Waals surface area contributed by atoms with E-state index in [0.29, 0.717) is 6.42 Å². The fourth-order valence-electron chi connectivity index (χ4n) is 2.44. The third-order valence-corrected chi connectivity index (χ3v) is 3.64. The molecule has 1 aliphatic heterocycles. The van der Waals surface area contributed by atoms with Crippen LogP contribution in [0, 0.1) is 5.92 Å². The van der Waals surface area contributed by atoms with Gasteiger partial charge in [-0.2, -0.15) is 0 Å². The number of rotatable bonds is 6. The third kappa shape index (κ3) is 4.07. The number of aliphatic hydroxyl groups excluding tert-OH is 1. The van der Waals surface area contributed by atoms with Gasteiger partial charge in [-0.15, -0.1) is 0 Å². The maximum Gasteiger partial charge on any atom is 0.326 e. The Morgan fingerprint density at radius 3 is 2.36 bits per heavy atom. The van der Waals surface area contributed by atoms with Gasteiger partial charge in [0, 0.05) is 13.6 Å². The average Bonchev–Trinajstić information content (AvgIpc) is 2.90. The summed E-state index contributed by atoms with van der Waals surface area (Å²) in [5.41, 5.74) is 0. The summed E-state index contributed by atoms with van der Waals surface area (Å²) in [6.45, 7) is 5.33. The lowest BCUT2D eigenvalue weighted by Crippen LogP contribution is -2.53. The number of amides is 2. The summed E-state index contributed by atoms with van der Waals surface area (Å²) < 4.78 is 0. The van der Waals surface area contributed by atoms with Crippen LogP contribution in [0.15, 0.2) is 12.2 Å². The molecule has 0 aromatic carbocycles. The van der Waals surface area contributed by atoms with Crippen molar-refractivity contribution in [2.45, 2.75) is 45.4 Å². The number of carbonyl (C=O) groups is 3. The van der Waals surface area contributed by atoms with Crippen LogP contribution in [0.5, 0.6) is 0 Å². The van der Waals surface area contributed by atoms with Crippen molar-refractivity contribution < 1.29 is 24.6 Å². The van der Waals surface area contributed by atoms with Crippen LogP contribution in [-0.2, 0) is 14.4 Å². The molecule has 2 amide bonds. The maximum atomic E-state index is 12.5. The molecule has 124 valence electrons. The zero-order valence-corrected chi connectivity index (χ0v) is 13.4. The Labute approximate surface area is 130 Å². The van der Waals surface area contributed by atoms with Crippen LogP contribution in [0.3, 0.4) is 0 Å². The van der Waals surface area contributed by atoms with Crippen molar-refractivity contribution in [2.75, 3.05) is 13.6 Å². The van der Waals surface area contributed by atoms with Crippen molar-refractivity contribution in [2.24, 2.45) is 5.92 Å². The van der Waals surface area contributed by atoms with Gasteiger partial charge in [-0.25, -0.2) is 4.79 Å². The van der Waals surface area contributed by atoms with Gasteiger partial charge in [0.15, 0.2) is 0 Å². The molecule has 0 saturated heterocycles. The van der Waals surface area contributed by atoms with E-state index in [9.17, 15) is 24.6 Å². The number of aliphatic hydroxyl groups is 1. The van der Waals surface area contributed by atoms with Crippen LogP contribution < -0.4 is 0 Å². The van der Waals surface area contributed by atoms with E-state index in [0.717, 1.165) is 0 Å². The first-order valence-corrected chi connectivity index (χ1v) is 7.31. The van der Waals surface area contributed by atoms with Gasteiger partial charge in [0.1, 0.15) is 18.2 Å². The number of nitrogens with zero attached hydrogens (tertiary/aromatic N) is 2. The minimum absolute atomic E-state index is 0.116. The Morgan fingerprint density at radius 1 is 1.32 bits per heavy atom. The fourth-order valence-corrected chi connectivity index (χ4v) is 2.44. The number of carboxylic acids is 1. The van der Waals surface area contributed by atoms with Crippen molar-refractivity contribution in [3.63, 3.8) is 0 Å². The molecule has 0 aromatic heterocycles. The Balaban J connectivity index is 2.90. The Kier molecular flexibility index (Phi) is 6.11. The molecule has 0 fully saturated rings. The molecule has 0 aromatic rings. The second-order valence-corrected chi connectivity index (χ2v) is 5.97. The zero-order valence-electron chi connectivity index (χ0n) is 13.4. The first-order chi connectivity index (χ1) is 10.2. The van der Waals surface area contributed by atoms with Crippen molar-refractivity contribution in [1.82, 2.24) is 9.80 Å². The lowest BCUT2D eigenvalue weighted by molar-refractivity contribution is -0.153. The van der Waals surface area contributed by atoms with E-state index in [2.05, 4.69) is 0 Å². The van der Waals surface area contributed by atoms with Crippen molar-refractivity contribution in [3.05, 3.63) is 12.2 Å². The monoisotopic (exact) mass is 312 g/mol. The van der Waals surface area contributed by atoms with Crippen molar-refractivity contribution >= 4 is 17.8 Å². The minimum Gasteiger partial charge on any atom is -0.480 e. The van der Waals surface area contributed by atoms with E-state index < -0.39 is 36.0 Å². The van der Waals surface area contributed by atoms with Crippen molar-refractivity contribution in [3.8, 4) is 0 Å². The van der Waals surface area contributed by atoms with E-state index in [1.807, 2.05) is 13.8 Å². The Morgan fingerprint density at radius 2 is 1.91 bits per heavy atom. The highest BCUT2D eigenvalue weighted by Crippen LogP contribution is 2.18. The predicted molar refractivity (Wildman–Crippen MR) is 80.0 cm³/mol. The molecule has 0 saturated carbocycles. The van der Waals surface area contributed by atoms with Crippen LogP contribution in [0.1, 0.15) is 27.2 Å². The van der Waals surface area contributed by atoms with E-state index in [1.165, 1.54) is 23.8 Å². The second-order valence-electron chi connectivity index (χ2n) is 5.97. The van der Waals surface area contributed by atoms with Gasteiger partial charge < -0.3 is 20.0 Å². The number of likely N-dealkylation sites (N-methyl/N-ethyl adjacent to an activating group) is 1. The summed E-state index contributed by atoms with van der Waals surface area (Å²) in [7, 11) is 1.43. The molecular formula is C15H24N2O5. The van der Waals surface area contributed by atoms with Gasteiger partial charge in [0.05, 0.1) is 0 Å². The molecule has 3 atom stereocenters. The molecule has 1 heterocycles. The molecular weight excluding hydrogens is 288 g/mol. The molecule has 7 heteroatoms. The van der Waals surface area contributed by atoms with Gasteiger partial charge in [-0.1, -0.05) is 26.0 Å². The highest BCUT2D eigenvalue weighted by atomic mass is 16.4. The standard InChI is InChI=1S/C15H24N2O5/c1-9(2)8-12(15(21)22)16(4)14(20)11-6-5-7-17(11)13(19)10(3)18/h5-6,9-12,18H,7-8H2,1-4H3,(H,21,22)/t10-,11-,12+/m0/s1. The number of carboxylic acid groups (broad SMARTS) is 1. The van der Waals surface area contributed by atoms with E-state index in [-0.39, 0.29) is 12.5 Å². The first kappa shape index (κ1) is 18.2. The summed E-state index contributed by atoms with van der Waals surface area (Å²) in [5.74, 6) is -1.96. The van der Waals surface area contributed by atoms with E-state index >= 15 is 0 Å². The molecule has 0 spiro atoms. The molecule has 0 bridgehead atoms. The number of hydrogen-bond acceptors (Lipinski definition) is 4. The van der Waals surface area contributed by atoms with Crippen LogP contribution in [-0.4, -0.2) is 69.6 Å². The second kappa shape index (κ2) is 7.40. The molecule has 7 nitrogen and oxygen atoms in total. The van der Waals surface area contributed by atoms with Crippen LogP contribution >= 0.6 is 0 Å². The first-order valence-electron chi connectivity index (χ1n) is 7.31. The summed E-state index contributed by atoms with van der Waals surface area (Å²) in [4.78, 5) is 38.3. The van der Waals surface area contributed by atoms with Gasteiger partial charge >= 0.3 is 5.97 Å². The van der Waals surface area contributed by atoms with Crippen LogP contribution in [0.25, 0.3) is 0 Å². The molecule has 0 radical (unpaired) electrons. The Hall–Kier alpha value is -1.89. The summed E-state index contributed by atoms with van der Waals surface area (Å²) >= 11 is 0. The minimum atomic E-state index is -1.20. The normalized spacial score (nSPS) is 20.1. The lowest BCUT2D eigenvalue weighted by Gasteiger charge is -2.32. The van der Waals surface area contributed by atoms with Crippen LogP contribution in [0.2, 0.25) is 0 Å². The maximum absolute atomic E-state index is 12.5. The molecule has 2 N–H and O–H groups in total. The third-order valence-electron chi connectivity index (χ3n) is 3.64. The molecule has 1 aliphatic rings. The smallest absolute Gasteiger partial charge is 0.326 e. The van der Waals surface area contributed by atoms with Gasteiger partial charge in [-0.05, 0) is 19.3 Å². The topological polar surface area (TPSA) is 98.2 Å². The highest BCUT2D eigenvalue weighted by molar-refractivity contribution is 5.93. The van der Waals surface area contributed by atoms with E-state index in [1.54, 1.807) is 12.2 Å². The van der Waals surface area contributed by atoms with Gasteiger partial charge in [0.25, 0.3) is 5.91 Å². The number of hydrogen-bond donors (Lipinski definition) is 2. The quantitative estimate of drug-likeness (QED) is 0.677. The van der Waals surface area contributed by atoms with Gasteiger partial charge in [0.2, 0.25) is 5.91 Å². The largest absolute Gasteiger partial charge is 0.480 e. The molecule has 1 rings (SSSR count). The Bertz CT molecular complexity index is 473. The van der Waals surface area contributed by atoms with Gasteiger partial charge in [-0.3, -0.25) is 9.59 Å². The van der Waals surface area contributed by atoms with Crippen molar-refractivity contribution in [1.29, 1.82) is 0 Å². The molecule has 0 aliphatic carbocycles. The summed E-state index contributed by atoms with van der Waals surface area (Å²) in [6.07, 6.45) is 2.35. The lowest BCUT2D eigenvalue weighted by atomic mass is 10.0. The zero-order chi connectivity index (χ0) is 17.0. The van der Waals surface area contributed by atoms with Crippen LogP contribution in [0.4, 0.5) is 0 Å². The molecule has 22 heavy (non-hydrogen) atoms. The summed E-state index contributed by atoms with van der Waals surface area (Å²) in [6, 6.07) is -1.80. The number of aliphatic carboxylic acids is 1. The van der Waals surface area contributed by atoms with E-state index in [4.69, 9.17) is 0 Å². The highest BCUT2D eigenvalue weighted by Gasteiger charge is 2.37. The predicted octanol–water partition coefficient (Wildman–Crippen LogP) is 0.0919. The SMILES string of the molecule is CC(C)C[C@H](C(=O)O)N(C)C(=O)[C@@H]1C=CCN1C(=O)[C@H](C)O. The molecule has 0 unspecified atom stereocenters. The number of carbonyl (C=O) groups excluding carboxylic acids is 2. The summed E-state index contributed by atoms with van der Waals surface area (Å²) in [5, 5.41) is 18.7.